The van der Waals surface area contributed by atoms with Gasteiger partial charge in [-0.25, -0.2) is 13.2 Å². The molecule has 2 aromatic carbocycles. The molecule has 23 heavy (non-hydrogen) atoms. The molecular formula is C14H10Cl2N2O4S. The molecule has 0 bridgehead atoms. The summed E-state index contributed by atoms with van der Waals surface area (Å²) in [4.78, 5) is 13.4. The van der Waals surface area contributed by atoms with Gasteiger partial charge in [0.1, 0.15) is 4.90 Å². The van der Waals surface area contributed by atoms with Crippen LogP contribution in [0, 0.1) is 6.92 Å². The van der Waals surface area contributed by atoms with Crippen molar-refractivity contribution < 1.29 is 12.8 Å². The number of hydrogen-bond acceptors (Lipinski definition) is 4. The van der Waals surface area contributed by atoms with Crippen LogP contribution in [0.2, 0.25) is 10.0 Å². The highest BCUT2D eigenvalue weighted by Gasteiger charge is 2.21. The third-order valence-corrected chi connectivity index (χ3v) is 5.27. The lowest BCUT2D eigenvalue weighted by molar-refractivity contribution is 0.554. The monoisotopic (exact) mass is 372 g/mol. The molecule has 1 aromatic heterocycles. The van der Waals surface area contributed by atoms with E-state index in [0.717, 1.165) is 0 Å². The van der Waals surface area contributed by atoms with E-state index in [4.69, 9.17) is 27.6 Å². The largest absolute Gasteiger partial charge is 0.417 e. The Hall–Kier alpha value is -1.96. The minimum atomic E-state index is -3.98. The number of H-pyrrole nitrogens is 1. The van der Waals surface area contributed by atoms with Crippen molar-refractivity contribution in [2.75, 3.05) is 4.72 Å². The Balaban J connectivity index is 2.10. The third kappa shape index (κ3) is 3.08. The molecule has 1 heterocycles. The van der Waals surface area contributed by atoms with E-state index in [2.05, 4.69) is 9.71 Å². The molecule has 0 amide bonds. The Morgan fingerprint density at radius 1 is 1.17 bits per heavy atom. The average molecular weight is 373 g/mol. The van der Waals surface area contributed by atoms with E-state index in [1.807, 2.05) is 0 Å². The van der Waals surface area contributed by atoms with Crippen molar-refractivity contribution in [2.45, 2.75) is 11.8 Å². The van der Waals surface area contributed by atoms with Crippen LogP contribution in [-0.4, -0.2) is 13.4 Å². The van der Waals surface area contributed by atoms with Crippen molar-refractivity contribution in [1.29, 1.82) is 0 Å². The lowest BCUT2D eigenvalue weighted by Crippen LogP contribution is -2.14. The van der Waals surface area contributed by atoms with Gasteiger partial charge >= 0.3 is 5.76 Å². The molecule has 0 saturated carbocycles. The highest BCUT2D eigenvalue weighted by Crippen LogP contribution is 2.29. The summed E-state index contributed by atoms with van der Waals surface area (Å²) in [5.41, 5.74) is 1.45. The van der Waals surface area contributed by atoms with Crippen molar-refractivity contribution >= 4 is 50.0 Å². The Labute approximate surface area is 141 Å². The number of aromatic amines is 1. The van der Waals surface area contributed by atoms with Crippen LogP contribution in [0.4, 0.5) is 5.69 Å². The Morgan fingerprint density at radius 2 is 1.91 bits per heavy atom. The summed E-state index contributed by atoms with van der Waals surface area (Å²) in [6.45, 7) is 1.74. The van der Waals surface area contributed by atoms with Crippen molar-refractivity contribution in [3.63, 3.8) is 0 Å². The molecule has 0 fully saturated rings. The molecule has 0 unspecified atom stereocenters. The van der Waals surface area contributed by atoms with Gasteiger partial charge in [0.05, 0.1) is 16.2 Å². The smallest absolute Gasteiger partial charge is 0.408 e. The summed E-state index contributed by atoms with van der Waals surface area (Å²) in [6, 6.07) is 7.36. The van der Waals surface area contributed by atoms with Crippen LogP contribution >= 0.6 is 23.2 Å². The molecular weight excluding hydrogens is 363 g/mol. The first-order valence-corrected chi connectivity index (χ1v) is 8.61. The first-order chi connectivity index (χ1) is 10.8. The SMILES string of the molecule is Cc1ccc(Cl)cc1NS(=O)(=O)c1cc2oc(=O)[nH]c2cc1Cl. The number of halogens is 2. The van der Waals surface area contributed by atoms with Crippen molar-refractivity contribution in [2.24, 2.45) is 0 Å². The fraction of sp³-hybridized carbons (Fsp3) is 0.0714. The summed E-state index contributed by atoms with van der Waals surface area (Å²) >= 11 is 11.9. The van der Waals surface area contributed by atoms with Crippen molar-refractivity contribution in [3.8, 4) is 0 Å². The van der Waals surface area contributed by atoms with Crippen LogP contribution in [-0.2, 0) is 10.0 Å². The van der Waals surface area contributed by atoms with E-state index in [1.165, 1.54) is 18.2 Å². The van der Waals surface area contributed by atoms with Gasteiger partial charge in [0.2, 0.25) is 0 Å². The van der Waals surface area contributed by atoms with Crippen LogP contribution in [0.5, 0.6) is 0 Å². The van der Waals surface area contributed by atoms with Gasteiger partial charge in [-0.3, -0.25) is 9.71 Å². The molecule has 0 saturated heterocycles. The molecule has 9 heteroatoms. The summed E-state index contributed by atoms with van der Waals surface area (Å²) < 4.78 is 32.4. The minimum absolute atomic E-state index is 0.0401. The molecule has 3 rings (SSSR count). The Morgan fingerprint density at radius 3 is 2.65 bits per heavy atom. The highest BCUT2D eigenvalue weighted by atomic mass is 35.5. The fourth-order valence-corrected chi connectivity index (χ4v) is 3.90. The van der Waals surface area contributed by atoms with Crippen LogP contribution in [0.1, 0.15) is 5.56 Å². The lowest BCUT2D eigenvalue weighted by atomic mass is 10.2. The lowest BCUT2D eigenvalue weighted by Gasteiger charge is -2.12. The predicted molar refractivity (Wildman–Crippen MR) is 88.8 cm³/mol. The zero-order chi connectivity index (χ0) is 16.8. The summed E-state index contributed by atoms with van der Waals surface area (Å²) in [5, 5.41) is 0.355. The molecule has 0 spiro atoms. The Kier molecular flexibility index (Phi) is 3.87. The molecule has 6 nitrogen and oxygen atoms in total. The first-order valence-electron chi connectivity index (χ1n) is 6.37. The summed E-state index contributed by atoms with van der Waals surface area (Å²) in [5.74, 6) is -0.691. The standard InChI is InChI=1S/C14H10Cl2N2O4S/c1-7-2-3-8(15)4-10(7)18-23(20,21)13-6-12-11(5-9(13)16)17-14(19)22-12/h2-6,18H,1H3,(H,17,19). The number of benzene rings is 2. The summed E-state index contributed by atoms with van der Waals surface area (Å²) in [7, 11) is -3.98. The van der Waals surface area contributed by atoms with Gasteiger partial charge in [-0.2, -0.15) is 0 Å². The molecule has 0 aliphatic rings. The number of rotatable bonds is 3. The maximum absolute atomic E-state index is 12.6. The van der Waals surface area contributed by atoms with Gasteiger partial charge in [-0.05, 0) is 30.7 Å². The van der Waals surface area contributed by atoms with Crippen molar-refractivity contribution in [1.82, 2.24) is 4.98 Å². The van der Waals surface area contributed by atoms with Gasteiger partial charge in [-0.1, -0.05) is 29.3 Å². The molecule has 3 aromatic rings. The number of hydrogen-bond donors (Lipinski definition) is 2. The van der Waals surface area contributed by atoms with Crippen LogP contribution in [0.3, 0.4) is 0 Å². The number of fused-ring (bicyclic) bond motifs is 1. The van der Waals surface area contributed by atoms with Gasteiger partial charge in [0, 0.05) is 11.1 Å². The highest BCUT2D eigenvalue weighted by molar-refractivity contribution is 7.92. The molecule has 0 atom stereocenters. The van der Waals surface area contributed by atoms with E-state index < -0.39 is 15.8 Å². The normalized spacial score (nSPS) is 11.8. The summed E-state index contributed by atoms with van der Waals surface area (Å²) in [6.07, 6.45) is 0. The number of sulfonamides is 1. The van der Waals surface area contributed by atoms with Gasteiger partial charge in [0.25, 0.3) is 10.0 Å². The zero-order valence-corrected chi connectivity index (χ0v) is 14.0. The van der Waals surface area contributed by atoms with E-state index in [-0.39, 0.29) is 15.5 Å². The third-order valence-electron chi connectivity index (χ3n) is 3.21. The molecule has 0 radical (unpaired) electrons. The second-order valence-corrected chi connectivity index (χ2v) is 7.35. The van der Waals surface area contributed by atoms with Crippen LogP contribution in [0.25, 0.3) is 11.1 Å². The maximum atomic E-state index is 12.6. The van der Waals surface area contributed by atoms with Crippen LogP contribution in [0.15, 0.2) is 44.4 Å². The fourth-order valence-electron chi connectivity index (χ4n) is 2.06. The predicted octanol–water partition coefficient (Wildman–Crippen LogP) is 3.54. The van der Waals surface area contributed by atoms with E-state index in [0.29, 0.717) is 21.8 Å². The molecule has 0 aliphatic heterocycles. The number of anilines is 1. The van der Waals surface area contributed by atoms with Gasteiger partial charge in [0.15, 0.2) is 5.58 Å². The van der Waals surface area contributed by atoms with E-state index >= 15 is 0 Å². The second kappa shape index (κ2) is 5.59. The molecule has 120 valence electrons. The minimum Gasteiger partial charge on any atom is -0.408 e. The Bertz CT molecular complexity index is 1070. The number of aromatic nitrogens is 1. The topological polar surface area (TPSA) is 92.2 Å². The first kappa shape index (κ1) is 15.9. The molecule has 2 N–H and O–H groups in total. The van der Waals surface area contributed by atoms with Crippen LogP contribution < -0.4 is 10.5 Å². The number of nitrogens with one attached hydrogen (secondary N) is 2. The van der Waals surface area contributed by atoms with Gasteiger partial charge < -0.3 is 4.42 Å². The number of oxazole rings is 1. The van der Waals surface area contributed by atoms with E-state index in [1.54, 1.807) is 19.1 Å². The van der Waals surface area contributed by atoms with Crippen molar-refractivity contribution in [3.05, 3.63) is 56.5 Å². The number of aryl methyl sites for hydroxylation is 1. The second-order valence-electron chi connectivity index (χ2n) is 4.86. The maximum Gasteiger partial charge on any atom is 0.417 e. The molecule has 0 aliphatic carbocycles. The average Bonchev–Trinajstić information content (AvgIpc) is 2.80. The zero-order valence-electron chi connectivity index (χ0n) is 11.7. The van der Waals surface area contributed by atoms with Gasteiger partial charge in [-0.15, -0.1) is 0 Å². The van der Waals surface area contributed by atoms with E-state index in [9.17, 15) is 13.2 Å². The quantitative estimate of drug-likeness (QED) is 0.735.